The largest absolute Gasteiger partial charge is 0.299 e. The molecule has 3 atom stereocenters. The van der Waals surface area contributed by atoms with Gasteiger partial charge in [0.15, 0.2) is 0 Å². The lowest BCUT2D eigenvalue weighted by atomic mass is 9.91. The number of nitriles is 1. The van der Waals surface area contributed by atoms with E-state index in [9.17, 15) is 10.1 Å². The van der Waals surface area contributed by atoms with Gasteiger partial charge in [0.25, 0.3) is 0 Å². The fraction of sp³-hybridized carbons (Fsp3) is 0.688. The Kier molecular flexibility index (Phi) is 3.16. The van der Waals surface area contributed by atoms with Crippen molar-refractivity contribution in [1.82, 2.24) is 9.78 Å². The van der Waals surface area contributed by atoms with E-state index in [1.807, 2.05) is 17.8 Å². The molecule has 20 heavy (non-hydrogen) atoms. The van der Waals surface area contributed by atoms with Gasteiger partial charge in [-0.05, 0) is 25.3 Å². The maximum Gasteiger partial charge on any atom is 0.140 e. The van der Waals surface area contributed by atoms with Crippen molar-refractivity contribution in [3.05, 3.63) is 18.0 Å². The van der Waals surface area contributed by atoms with Crippen LogP contribution in [0.25, 0.3) is 0 Å². The van der Waals surface area contributed by atoms with Gasteiger partial charge in [0.2, 0.25) is 0 Å². The summed E-state index contributed by atoms with van der Waals surface area (Å²) < 4.78 is 1.84. The van der Waals surface area contributed by atoms with Crippen LogP contribution in [0.3, 0.4) is 0 Å². The molecule has 1 aromatic heterocycles. The quantitative estimate of drug-likeness (QED) is 0.845. The van der Waals surface area contributed by atoms with Crippen LogP contribution in [0.2, 0.25) is 0 Å². The smallest absolute Gasteiger partial charge is 0.140 e. The first-order chi connectivity index (χ1) is 9.58. The molecule has 0 bridgehead atoms. The van der Waals surface area contributed by atoms with Crippen LogP contribution in [-0.4, -0.2) is 15.6 Å². The highest BCUT2D eigenvalue weighted by Crippen LogP contribution is 2.61. The van der Waals surface area contributed by atoms with Gasteiger partial charge in [-0.15, -0.1) is 0 Å². The molecular weight excluding hydrogens is 250 g/mol. The van der Waals surface area contributed by atoms with E-state index in [1.165, 1.54) is 12.8 Å². The number of Topliss-reactive ketones (excluding diaryl/α,β-unsaturated/α-hetero) is 1. The summed E-state index contributed by atoms with van der Waals surface area (Å²) in [5.74, 6) is 0.374. The lowest BCUT2D eigenvalue weighted by Gasteiger charge is -2.13. The highest BCUT2D eigenvalue weighted by Gasteiger charge is 2.65. The molecule has 0 radical (unpaired) electrons. The van der Waals surface area contributed by atoms with Gasteiger partial charge in [0, 0.05) is 36.2 Å². The summed E-state index contributed by atoms with van der Waals surface area (Å²) in [5, 5.41) is 13.6. The van der Waals surface area contributed by atoms with Crippen LogP contribution in [0.15, 0.2) is 12.3 Å². The van der Waals surface area contributed by atoms with Crippen molar-refractivity contribution in [3.63, 3.8) is 0 Å². The van der Waals surface area contributed by atoms with Crippen molar-refractivity contribution in [2.75, 3.05) is 0 Å². The molecule has 4 nitrogen and oxygen atoms in total. The number of carbonyl (C=O) groups excluding carboxylic acids is 1. The van der Waals surface area contributed by atoms with Crippen LogP contribution in [0.4, 0.5) is 0 Å². The minimum absolute atomic E-state index is 0.0644. The molecular formula is C16H21N3O. The second-order valence-electron chi connectivity index (χ2n) is 6.60. The number of ketones is 1. The van der Waals surface area contributed by atoms with Crippen molar-refractivity contribution in [1.29, 1.82) is 5.26 Å². The van der Waals surface area contributed by atoms with Crippen molar-refractivity contribution >= 4 is 5.78 Å². The molecule has 0 N–H and O–H groups in total. The Hall–Kier alpha value is -1.63. The van der Waals surface area contributed by atoms with Crippen LogP contribution in [0.1, 0.15) is 38.3 Å². The number of hydrogen-bond acceptors (Lipinski definition) is 3. The summed E-state index contributed by atoms with van der Waals surface area (Å²) in [5.41, 5.74) is 0.914. The lowest BCUT2D eigenvalue weighted by Crippen LogP contribution is -2.18. The second-order valence-corrected chi connectivity index (χ2v) is 6.60. The summed E-state index contributed by atoms with van der Waals surface area (Å²) in [6, 6.07) is 4.35. The molecule has 4 heteroatoms. The highest BCUT2D eigenvalue weighted by molar-refractivity contribution is 5.88. The SMILES string of the molecule is Cn1nccc1CC1(C)C(C#N)C1C(=O)C1CCCC1. The molecule has 1 heterocycles. The molecule has 106 valence electrons. The Morgan fingerprint density at radius 1 is 1.55 bits per heavy atom. The Morgan fingerprint density at radius 2 is 2.25 bits per heavy atom. The Bertz CT molecular complexity index is 565. The van der Waals surface area contributed by atoms with E-state index in [1.54, 1.807) is 6.20 Å². The van der Waals surface area contributed by atoms with E-state index in [2.05, 4.69) is 18.1 Å². The van der Waals surface area contributed by atoms with E-state index >= 15 is 0 Å². The van der Waals surface area contributed by atoms with Crippen molar-refractivity contribution in [3.8, 4) is 6.07 Å². The Balaban J connectivity index is 1.77. The van der Waals surface area contributed by atoms with Crippen LogP contribution >= 0.6 is 0 Å². The van der Waals surface area contributed by atoms with Gasteiger partial charge >= 0.3 is 0 Å². The first-order valence-corrected chi connectivity index (χ1v) is 7.48. The van der Waals surface area contributed by atoms with Gasteiger partial charge in [0.1, 0.15) is 5.78 Å². The van der Waals surface area contributed by atoms with E-state index in [4.69, 9.17) is 0 Å². The van der Waals surface area contributed by atoms with Gasteiger partial charge in [-0.2, -0.15) is 10.4 Å². The van der Waals surface area contributed by atoms with Crippen molar-refractivity contribution in [2.45, 2.75) is 39.0 Å². The van der Waals surface area contributed by atoms with Crippen LogP contribution in [0, 0.1) is 34.5 Å². The minimum atomic E-state index is -0.192. The van der Waals surface area contributed by atoms with E-state index in [0.717, 1.165) is 25.0 Å². The molecule has 2 aliphatic rings. The van der Waals surface area contributed by atoms with Crippen LogP contribution in [0.5, 0.6) is 0 Å². The molecule has 1 aromatic rings. The summed E-state index contributed by atoms with van der Waals surface area (Å²) >= 11 is 0. The molecule has 2 fully saturated rings. The molecule has 0 spiro atoms. The lowest BCUT2D eigenvalue weighted by molar-refractivity contribution is -0.124. The van der Waals surface area contributed by atoms with Gasteiger partial charge < -0.3 is 0 Å². The topological polar surface area (TPSA) is 58.7 Å². The van der Waals surface area contributed by atoms with E-state index < -0.39 is 0 Å². The molecule has 0 aliphatic heterocycles. The molecule has 0 aromatic carbocycles. The number of aromatic nitrogens is 2. The molecule has 2 saturated carbocycles. The average Bonchev–Trinajstić information content (AvgIpc) is 2.86. The fourth-order valence-corrected chi connectivity index (χ4v) is 3.93. The zero-order valence-electron chi connectivity index (χ0n) is 12.2. The average molecular weight is 271 g/mol. The van der Waals surface area contributed by atoms with Crippen LogP contribution < -0.4 is 0 Å². The van der Waals surface area contributed by atoms with Crippen LogP contribution in [-0.2, 0) is 18.3 Å². The minimum Gasteiger partial charge on any atom is -0.299 e. The van der Waals surface area contributed by atoms with Gasteiger partial charge in [0.05, 0.1) is 12.0 Å². The standard InChI is InChI=1S/C16H21N3O/c1-16(9-12-7-8-18-19(12)2)13(10-17)14(16)15(20)11-5-3-4-6-11/h7-8,11,13-14H,3-6,9H2,1-2H3. The number of hydrogen-bond donors (Lipinski definition) is 0. The summed E-state index contributed by atoms with van der Waals surface area (Å²) in [6.07, 6.45) is 6.92. The zero-order chi connectivity index (χ0) is 14.3. The maximum atomic E-state index is 12.6. The molecule has 3 unspecified atom stereocenters. The third-order valence-corrected chi connectivity index (χ3v) is 5.33. The summed E-state index contributed by atoms with van der Waals surface area (Å²) in [4.78, 5) is 12.6. The monoisotopic (exact) mass is 271 g/mol. The first-order valence-electron chi connectivity index (χ1n) is 7.48. The Labute approximate surface area is 119 Å². The number of aryl methyl sites for hydroxylation is 1. The fourth-order valence-electron chi connectivity index (χ4n) is 3.93. The maximum absolute atomic E-state index is 12.6. The first kappa shape index (κ1) is 13.4. The third-order valence-electron chi connectivity index (χ3n) is 5.33. The zero-order valence-corrected chi connectivity index (χ0v) is 12.2. The molecule has 0 amide bonds. The van der Waals surface area contributed by atoms with Gasteiger partial charge in [-0.1, -0.05) is 19.8 Å². The molecule has 0 saturated heterocycles. The van der Waals surface area contributed by atoms with E-state index in [-0.39, 0.29) is 23.2 Å². The van der Waals surface area contributed by atoms with Crippen molar-refractivity contribution < 1.29 is 4.79 Å². The molecule has 2 aliphatic carbocycles. The number of carbonyl (C=O) groups is 1. The number of nitrogens with zero attached hydrogens (tertiary/aromatic N) is 3. The third kappa shape index (κ3) is 1.96. The summed E-state index contributed by atoms with van der Waals surface area (Å²) in [7, 11) is 1.91. The van der Waals surface area contributed by atoms with Gasteiger partial charge in [-0.25, -0.2) is 0 Å². The second kappa shape index (κ2) is 4.73. The summed E-state index contributed by atoms with van der Waals surface area (Å²) in [6.45, 7) is 2.09. The van der Waals surface area contributed by atoms with Crippen molar-refractivity contribution in [2.24, 2.45) is 30.2 Å². The number of rotatable bonds is 4. The Morgan fingerprint density at radius 3 is 2.80 bits per heavy atom. The highest BCUT2D eigenvalue weighted by atomic mass is 16.1. The molecule has 3 rings (SSSR count). The predicted octanol–water partition coefficient (Wildman–Crippen LogP) is 2.50. The van der Waals surface area contributed by atoms with E-state index in [0.29, 0.717) is 5.78 Å². The predicted molar refractivity (Wildman–Crippen MR) is 74.6 cm³/mol. The normalized spacial score (nSPS) is 33.0. The van der Waals surface area contributed by atoms with Gasteiger partial charge in [-0.3, -0.25) is 9.48 Å².